The zero-order valence-electron chi connectivity index (χ0n) is 6.24. The number of epoxide rings is 1. The summed E-state index contributed by atoms with van der Waals surface area (Å²) in [4.78, 5) is 0. The lowest BCUT2D eigenvalue weighted by atomic mass is 10.2. The zero-order valence-corrected chi connectivity index (χ0v) is 6.24. The number of ether oxygens (including phenoxy) is 1. The summed E-state index contributed by atoms with van der Waals surface area (Å²) in [5.74, 6) is -1.94. The summed E-state index contributed by atoms with van der Waals surface area (Å²) in [5, 5.41) is 25.2. The third-order valence-electron chi connectivity index (χ3n) is 0.996. The van der Waals surface area contributed by atoms with Gasteiger partial charge in [-0.15, -0.1) is 0 Å². The number of aliphatic hydroxyl groups excluding tert-OH is 1. The summed E-state index contributed by atoms with van der Waals surface area (Å²) >= 11 is 0. The van der Waals surface area contributed by atoms with Gasteiger partial charge in [-0.3, -0.25) is 0 Å². The highest BCUT2D eigenvalue weighted by Gasteiger charge is 2.21. The van der Waals surface area contributed by atoms with Gasteiger partial charge >= 0.3 is 0 Å². The summed E-state index contributed by atoms with van der Waals surface area (Å²) in [5.41, 5.74) is 0. The molecule has 1 atom stereocenters. The van der Waals surface area contributed by atoms with Gasteiger partial charge in [0.2, 0.25) is 0 Å². The van der Waals surface area contributed by atoms with Gasteiger partial charge in [-0.2, -0.15) is 0 Å². The largest absolute Gasteiger partial charge is 0.388 e. The summed E-state index contributed by atoms with van der Waals surface area (Å²) < 4.78 is 4.50. The fourth-order valence-corrected chi connectivity index (χ4v) is 0. The number of aliphatic hydroxyl groups is 3. The van der Waals surface area contributed by atoms with Gasteiger partial charge in [0.15, 0.2) is 5.79 Å². The molecule has 4 heteroatoms. The first kappa shape index (κ1) is 9.84. The van der Waals surface area contributed by atoms with E-state index < -0.39 is 11.9 Å². The molecule has 3 N–H and O–H groups in total. The molecule has 0 radical (unpaired) electrons. The van der Waals surface area contributed by atoms with E-state index in [2.05, 4.69) is 4.74 Å². The van der Waals surface area contributed by atoms with Crippen molar-refractivity contribution in [1.29, 1.82) is 0 Å². The maximum atomic E-state index is 8.40. The van der Waals surface area contributed by atoms with Crippen molar-refractivity contribution in [2.45, 2.75) is 25.7 Å². The van der Waals surface area contributed by atoms with E-state index in [1.54, 1.807) is 0 Å². The van der Waals surface area contributed by atoms with Crippen LogP contribution in [0.25, 0.3) is 0 Å². The lowest BCUT2D eigenvalue weighted by molar-refractivity contribution is -0.205. The molecule has 62 valence electrons. The Morgan fingerprint density at radius 3 is 1.60 bits per heavy atom. The summed E-state index contributed by atoms with van der Waals surface area (Å²) in [6.07, 6.45) is -1.09. The van der Waals surface area contributed by atoms with Gasteiger partial charge in [-0.1, -0.05) is 0 Å². The Morgan fingerprint density at radius 1 is 1.40 bits per heavy atom. The fraction of sp³-hybridized carbons (Fsp3) is 1.00. The maximum Gasteiger partial charge on any atom is 0.186 e. The molecule has 1 fully saturated rings. The van der Waals surface area contributed by atoms with Crippen LogP contribution >= 0.6 is 0 Å². The Morgan fingerprint density at radius 2 is 1.60 bits per heavy atom. The van der Waals surface area contributed by atoms with Crippen molar-refractivity contribution in [3.05, 3.63) is 0 Å². The van der Waals surface area contributed by atoms with E-state index in [4.69, 9.17) is 15.3 Å². The molecule has 1 aliphatic rings. The van der Waals surface area contributed by atoms with Gasteiger partial charge in [-0.25, -0.2) is 0 Å². The van der Waals surface area contributed by atoms with E-state index in [-0.39, 0.29) is 0 Å². The molecule has 1 saturated heterocycles. The molecule has 1 heterocycles. The average molecular weight is 150 g/mol. The molecule has 1 rings (SSSR count). The molecule has 0 bridgehead atoms. The normalized spacial score (nSPS) is 18.9. The van der Waals surface area contributed by atoms with E-state index >= 15 is 0 Å². The van der Waals surface area contributed by atoms with Crippen LogP contribution in [0.1, 0.15) is 13.8 Å². The highest BCUT2D eigenvalue weighted by atomic mass is 16.6. The Balaban J connectivity index is 0.000000219. The molecule has 10 heavy (non-hydrogen) atoms. The molecular weight excluding hydrogens is 136 g/mol. The quantitative estimate of drug-likeness (QED) is 0.334. The molecule has 0 aromatic carbocycles. The molecule has 0 aromatic rings. The Bertz CT molecular complexity index is 79.5. The van der Waals surface area contributed by atoms with E-state index in [0.29, 0.717) is 0 Å². The first-order valence-corrected chi connectivity index (χ1v) is 3.15. The van der Waals surface area contributed by atoms with Crippen LogP contribution in [0.2, 0.25) is 0 Å². The van der Waals surface area contributed by atoms with Crippen LogP contribution in [0.4, 0.5) is 0 Å². The lowest BCUT2D eigenvalue weighted by Gasteiger charge is -2.17. The minimum Gasteiger partial charge on any atom is -0.388 e. The van der Waals surface area contributed by atoms with Gasteiger partial charge < -0.3 is 20.1 Å². The van der Waals surface area contributed by atoms with Gasteiger partial charge in [0.25, 0.3) is 0 Å². The van der Waals surface area contributed by atoms with Crippen LogP contribution in [0.3, 0.4) is 0 Å². The van der Waals surface area contributed by atoms with Crippen LogP contribution in [0.15, 0.2) is 0 Å². The predicted octanol–water partition coefficient (Wildman–Crippen LogP) is -0.915. The Hall–Kier alpha value is -0.160. The standard InChI is InChI=1S/C4H10O3.C2H4O/c1-3(5)4(2,6)7;1-2-3-1/h3,5-7H,1-2H3;1-2H2. The molecule has 0 spiro atoms. The van der Waals surface area contributed by atoms with Gasteiger partial charge in [-0.05, 0) is 13.8 Å². The van der Waals surface area contributed by atoms with Crippen molar-refractivity contribution in [2.24, 2.45) is 0 Å². The fourth-order valence-electron chi connectivity index (χ4n) is 0. The highest BCUT2D eigenvalue weighted by molar-refractivity contribution is 4.61. The predicted molar refractivity (Wildman–Crippen MR) is 35.3 cm³/mol. The number of hydrogen-bond acceptors (Lipinski definition) is 4. The van der Waals surface area contributed by atoms with Crippen molar-refractivity contribution < 1.29 is 20.1 Å². The van der Waals surface area contributed by atoms with E-state index in [1.165, 1.54) is 6.92 Å². The van der Waals surface area contributed by atoms with Crippen molar-refractivity contribution in [3.8, 4) is 0 Å². The third-order valence-corrected chi connectivity index (χ3v) is 0.996. The van der Waals surface area contributed by atoms with E-state index in [1.807, 2.05) is 0 Å². The minimum atomic E-state index is -1.94. The molecule has 4 nitrogen and oxygen atoms in total. The summed E-state index contributed by atoms with van der Waals surface area (Å²) in [6.45, 7) is 4.43. The van der Waals surface area contributed by atoms with Gasteiger partial charge in [0.05, 0.1) is 13.2 Å². The van der Waals surface area contributed by atoms with Crippen LogP contribution in [0, 0.1) is 0 Å². The van der Waals surface area contributed by atoms with Crippen LogP contribution in [-0.4, -0.2) is 40.4 Å². The molecule has 1 unspecified atom stereocenters. The minimum absolute atomic E-state index is 1.00. The van der Waals surface area contributed by atoms with Gasteiger partial charge in [0, 0.05) is 0 Å². The first-order chi connectivity index (χ1) is 4.44. The Labute approximate surface area is 60.1 Å². The van der Waals surface area contributed by atoms with Gasteiger partial charge in [0.1, 0.15) is 6.10 Å². The van der Waals surface area contributed by atoms with Crippen LogP contribution in [0.5, 0.6) is 0 Å². The lowest BCUT2D eigenvalue weighted by Crippen LogP contribution is -2.36. The molecule has 0 aliphatic carbocycles. The maximum absolute atomic E-state index is 8.40. The molecular formula is C6H14O4. The summed E-state index contributed by atoms with van der Waals surface area (Å²) in [7, 11) is 0. The van der Waals surface area contributed by atoms with Crippen molar-refractivity contribution in [2.75, 3.05) is 13.2 Å². The zero-order chi connectivity index (χ0) is 8.20. The SMILES string of the molecule is C1CO1.CC(O)C(C)(O)O. The monoisotopic (exact) mass is 150 g/mol. The Kier molecular flexibility index (Phi) is 3.81. The second kappa shape index (κ2) is 3.88. The second-order valence-corrected chi connectivity index (χ2v) is 2.38. The topological polar surface area (TPSA) is 73.2 Å². The summed E-state index contributed by atoms with van der Waals surface area (Å²) in [6, 6.07) is 0. The van der Waals surface area contributed by atoms with Crippen molar-refractivity contribution >= 4 is 0 Å². The van der Waals surface area contributed by atoms with Crippen molar-refractivity contribution in [3.63, 3.8) is 0 Å². The smallest absolute Gasteiger partial charge is 0.186 e. The molecule has 0 amide bonds. The number of hydrogen-bond donors (Lipinski definition) is 3. The average Bonchev–Trinajstić information content (AvgIpc) is 2.42. The molecule has 1 aliphatic heterocycles. The second-order valence-electron chi connectivity index (χ2n) is 2.38. The van der Waals surface area contributed by atoms with Crippen LogP contribution in [-0.2, 0) is 4.74 Å². The van der Waals surface area contributed by atoms with Crippen molar-refractivity contribution in [1.82, 2.24) is 0 Å². The molecule has 0 aromatic heterocycles. The first-order valence-electron chi connectivity index (χ1n) is 3.15. The highest BCUT2D eigenvalue weighted by Crippen LogP contribution is 2.01. The van der Waals surface area contributed by atoms with Crippen LogP contribution < -0.4 is 0 Å². The third kappa shape index (κ3) is 7.84. The van der Waals surface area contributed by atoms with E-state index in [0.717, 1.165) is 20.1 Å². The number of rotatable bonds is 1. The molecule has 0 saturated carbocycles. The van der Waals surface area contributed by atoms with E-state index in [9.17, 15) is 0 Å².